The molecule has 306 valence electrons. The van der Waals surface area contributed by atoms with Crippen molar-refractivity contribution in [1.82, 2.24) is 19.9 Å². The van der Waals surface area contributed by atoms with Gasteiger partial charge in [0.05, 0.1) is 22.8 Å². The van der Waals surface area contributed by atoms with Crippen LogP contribution in [0.2, 0.25) is 0 Å². The number of hydrogen-bond acceptors (Lipinski definition) is 4. The number of aryl methyl sites for hydroxylation is 2. The molecular weight excluding hydrogens is 789 g/mol. The summed E-state index contributed by atoms with van der Waals surface area (Å²) in [7, 11) is 4.11. The Labute approximate surface area is 369 Å². The van der Waals surface area contributed by atoms with Crippen molar-refractivity contribution < 1.29 is 19.3 Å². The Morgan fingerprint density at radius 2 is 0.625 bits per heavy atom. The van der Waals surface area contributed by atoms with E-state index in [-0.39, 0.29) is 11.5 Å². The fourth-order valence-electron chi connectivity index (χ4n) is 8.93. The highest BCUT2D eigenvalue weighted by Crippen LogP contribution is 2.39. The van der Waals surface area contributed by atoms with Crippen LogP contribution in [0.5, 0.6) is 11.5 Å². The number of hydrogen-bond donors (Lipinski definition) is 2. The van der Waals surface area contributed by atoms with E-state index >= 15 is 0 Å². The molecule has 2 aliphatic heterocycles. The van der Waals surface area contributed by atoms with E-state index in [4.69, 9.17) is 9.97 Å². The predicted molar refractivity (Wildman–Crippen MR) is 253 cm³/mol. The van der Waals surface area contributed by atoms with E-state index in [9.17, 15) is 10.2 Å². The summed E-state index contributed by atoms with van der Waals surface area (Å²) < 4.78 is 4.24. The van der Waals surface area contributed by atoms with E-state index in [0.717, 1.165) is 112 Å². The molecule has 2 N–H and O–H groups in total. The highest BCUT2D eigenvalue weighted by Gasteiger charge is 2.20. The Morgan fingerprint density at radius 3 is 0.922 bits per heavy atom. The Morgan fingerprint density at radius 1 is 0.344 bits per heavy atom. The molecule has 2 aliphatic rings. The van der Waals surface area contributed by atoms with E-state index in [0.29, 0.717) is 0 Å². The summed E-state index contributed by atoms with van der Waals surface area (Å²) in [5.41, 5.74) is 18.2. The second-order valence-electron chi connectivity index (χ2n) is 16.1. The molecule has 11 rings (SSSR count). The second-order valence-corrected chi connectivity index (χ2v) is 16.1. The lowest BCUT2D eigenvalue weighted by Crippen LogP contribution is -2.29. The lowest BCUT2D eigenvalue weighted by Gasteiger charge is -2.09. The molecule has 0 saturated heterocycles. The molecule has 4 aromatic carbocycles. The molecular formula is C56H40N6O2. The highest BCUT2D eigenvalue weighted by molar-refractivity contribution is 6.00. The minimum atomic E-state index is -0.0699. The quantitative estimate of drug-likeness (QED) is 0.163. The third-order valence-electron chi connectivity index (χ3n) is 12.1. The average Bonchev–Trinajstić information content (AvgIpc) is 4.17. The smallest absolute Gasteiger partial charge is 0.212 e. The first-order chi connectivity index (χ1) is 31.3. The van der Waals surface area contributed by atoms with E-state index in [1.54, 1.807) is 24.3 Å². The van der Waals surface area contributed by atoms with Crippen LogP contribution < -0.4 is 19.3 Å². The van der Waals surface area contributed by atoms with E-state index in [2.05, 4.69) is 143 Å². The third-order valence-corrected chi connectivity index (χ3v) is 12.1. The van der Waals surface area contributed by atoms with Crippen LogP contribution in [0, 0.1) is 0 Å². The van der Waals surface area contributed by atoms with Crippen LogP contribution in [-0.2, 0) is 14.1 Å². The molecule has 0 aliphatic carbocycles. The fourth-order valence-corrected chi connectivity index (χ4v) is 8.93. The van der Waals surface area contributed by atoms with Crippen molar-refractivity contribution in [1.29, 1.82) is 0 Å². The maximum atomic E-state index is 12.4. The van der Waals surface area contributed by atoms with E-state index < -0.39 is 0 Å². The van der Waals surface area contributed by atoms with Gasteiger partial charge in [0.15, 0.2) is 12.4 Å². The lowest BCUT2D eigenvalue weighted by molar-refractivity contribution is -0.660. The van der Waals surface area contributed by atoms with Gasteiger partial charge in [-0.2, -0.15) is 0 Å². The van der Waals surface area contributed by atoms with Gasteiger partial charge in [-0.05, 0) is 107 Å². The number of H-pyrrole nitrogens is 2. The Bertz CT molecular complexity index is 3280. The second kappa shape index (κ2) is 15.7. The standard InChI is InChI=1S/C56H40N6O2/c1-61-33-5-3-7-51(61)35-9-13-37(14-10-35)53-43-25-26-44(57-43)54(38-15-11-36(12-16-38)52-8-4-6-34-62(52)2)46-28-30-48(59-46)56(40-19-23-42(64)24-20-40)50-32-31-49(60-50)55(47-29-27-45(53)58-47)39-17-21-41(63)22-18-39/h3-34H,1-2H3,(H2-,57,58,59,60,63,64). The molecule has 64 heavy (non-hydrogen) atoms. The first-order valence-electron chi connectivity index (χ1n) is 21.2. The number of nitrogens with one attached hydrogen (secondary N) is 2. The minimum absolute atomic E-state index is 0.0699. The molecule has 8 bridgehead atoms. The normalized spacial score (nSPS) is 11.9. The van der Waals surface area contributed by atoms with E-state index in [1.807, 2.05) is 60.7 Å². The van der Waals surface area contributed by atoms with Gasteiger partial charge in [0.25, 0.3) is 0 Å². The Balaban J connectivity index is 1.23. The number of fused-ring (bicyclic) bond motifs is 8. The van der Waals surface area contributed by atoms with Gasteiger partial charge in [-0.3, -0.25) is 0 Å². The number of pyridine rings is 2. The number of aromatic amines is 2. The molecule has 0 atom stereocenters. The fraction of sp³-hybridized carbons (Fsp3) is 0.0357. The van der Waals surface area contributed by atoms with Crippen molar-refractivity contribution in [3.05, 3.63) is 193 Å². The molecule has 9 aromatic rings. The highest BCUT2D eigenvalue weighted by atomic mass is 16.3. The van der Waals surface area contributed by atoms with Crippen molar-refractivity contribution in [2.75, 3.05) is 0 Å². The number of aromatic nitrogens is 6. The van der Waals surface area contributed by atoms with Gasteiger partial charge >= 0.3 is 0 Å². The molecule has 5 aromatic heterocycles. The Hall–Kier alpha value is -8.62. The maximum Gasteiger partial charge on any atom is 0.212 e. The molecule has 0 saturated carbocycles. The molecule has 0 amide bonds. The molecule has 0 spiro atoms. The molecule has 0 fully saturated rings. The lowest BCUT2D eigenvalue weighted by atomic mass is 10.0. The van der Waals surface area contributed by atoms with Crippen molar-refractivity contribution in [3.8, 4) is 78.5 Å². The van der Waals surface area contributed by atoms with Gasteiger partial charge in [0.2, 0.25) is 11.4 Å². The first kappa shape index (κ1) is 38.3. The monoisotopic (exact) mass is 828 g/mol. The van der Waals surface area contributed by atoms with Crippen molar-refractivity contribution in [2.45, 2.75) is 0 Å². The summed E-state index contributed by atoms with van der Waals surface area (Å²) in [5.74, 6) is -0.140. The van der Waals surface area contributed by atoms with Crippen LogP contribution in [0.4, 0.5) is 0 Å². The molecule has 8 heteroatoms. The van der Waals surface area contributed by atoms with E-state index in [1.165, 1.54) is 0 Å². The molecule has 8 nitrogen and oxygen atoms in total. The number of rotatable bonds is 6. The van der Waals surface area contributed by atoms with Gasteiger partial charge in [-0.15, -0.1) is 11.5 Å². The molecule has 0 radical (unpaired) electrons. The van der Waals surface area contributed by atoms with Crippen LogP contribution in [0.25, 0.3) is 113 Å². The Kier molecular flexibility index (Phi) is 9.39. The van der Waals surface area contributed by atoms with Crippen molar-refractivity contribution in [2.24, 2.45) is 14.1 Å². The number of nitrogens with zero attached hydrogens (tertiary/aromatic N) is 4. The largest absolute Gasteiger partial charge is 0.872 e. The predicted octanol–water partition coefficient (Wildman–Crippen LogP) is 10.5. The summed E-state index contributed by atoms with van der Waals surface area (Å²) in [6.45, 7) is 0. The summed E-state index contributed by atoms with van der Waals surface area (Å²) in [6.07, 6.45) is 12.3. The topological polar surface area (TPSA) is 111 Å². The zero-order valence-corrected chi connectivity index (χ0v) is 35.1. The number of benzene rings is 4. The van der Waals surface area contributed by atoms with Crippen LogP contribution in [0.3, 0.4) is 0 Å². The van der Waals surface area contributed by atoms with Crippen LogP contribution in [-0.4, -0.2) is 19.9 Å². The average molecular weight is 829 g/mol. The summed E-state index contributed by atoms with van der Waals surface area (Å²) in [6, 6.07) is 51.8. The van der Waals surface area contributed by atoms with Crippen molar-refractivity contribution >= 4 is 46.4 Å². The van der Waals surface area contributed by atoms with Gasteiger partial charge in [-0.1, -0.05) is 72.8 Å². The molecule has 7 heterocycles. The summed E-state index contributed by atoms with van der Waals surface area (Å²) in [5, 5.41) is 24.8. The molecule has 0 unspecified atom stereocenters. The summed E-state index contributed by atoms with van der Waals surface area (Å²) >= 11 is 0. The van der Waals surface area contributed by atoms with Crippen LogP contribution >= 0.6 is 0 Å². The van der Waals surface area contributed by atoms with Crippen LogP contribution in [0.15, 0.2) is 170 Å². The summed E-state index contributed by atoms with van der Waals surface area (Å²) in [4.78, 5) is 18.4. The zero-order chi connectivity index (χ0) is 43.3. The maximum absolute atomic E-state index is 12.4. The van der Waals surface area contributed by atoms with Crippen molar-refractivity contribution in [3.63, 3.8) is 0 Å². The zero-order valence-electron chi connectivity index (χ0n) is 35.1. The SMILES string of the molecule is C[n+]1ccccc1-c1ccc(-c2c3nc(c(-c4ccc([O-])cc4)c4ccc([nH]4)c(-c4ccc([O-])cc4)c4nc(c(-c5ccc(-c6cccc[n+]6C)cc5)c5ccc2[nH]5)C=C4)C=C3)cc1. The van der Waals surface area contributed by atoms with Crippen LogP contribution in [0.1, 0.15) is 22.8 Å². The van der Waals surface area contributed by atoms with Gasteiger partial charge in [0, 0.05) is 79.7 Å². The van der Waals surface area contributed by atoms with Gasteiger partial charge in [0.1, 0.15) is 14.1 Å². The third kappa shape index (κ3) is 6.93. The van der Waals surface area contributed by atoms with Gasteiger partial charge < -0.3 is 20.2 Å². The first-order valence-corrected chi connectivity index (χ1v) is 21.2. The minimum Gasteiger partial charge on any atom is -0.872 e. The van der Waals surface area contributed by atoms with Gasteiger partial charge in [-0.25, -0.2) is 19.1 Å².